The van der Waals surface area contributed by atoms with Crippen LogP contribution in [0.2, 0.25) is 5.02 Å². The van der Waals surface area contributed by atoms with Crippen molar-refractivity contribution in [3.63, 3.8) is 0 Å². The van der Waals surface area contributed by atoms with Crippen molar-refractivity contribution in [3.05, 3.63) is 98.2 Å². The van der Waals surface area contributed by atoms with Crippen LogP contribution in [0.15, 0.2) is 70.1 Å². The molecule has 4 rings (SSSR count). The fourth-order valence-corrected chi connectivity index (χ4v) is 4.07. The van der Waals surface area contributed by atoms with Crippen LogP contribution < -0.4 is 5.32 Å². The van der Waals surface area contributed by atoms with Crippen LogP contribution in [0.25, 0.3) is 0 Å². The Hall–Kier alpha value is -2.21. The molecule has 0 unspecified atom stereocenters. The van der Waals surface area contributed by atoms with E-state index in [1.807, 2.05) is 31.2 Å². The lowest BCUT2D eigenvalue weighted by molar-refractivity contribution is 0.405. The minimum Gasteiger partial charge on any atom is -0.508 e. The van der Waals surface area contributed by atoms with E-state index in [1.165, 1.54) is 6.07 Å². The summed E-state index contributed by atoms with van der Waals surface area (Å²) in [7, 11) is 0. The number of aliphatic imine (C=N–C) groups is 1. The number of nitrogens with zero attached hydrogens (tertiary/aromatic N) is 1. The molecule has 0 aliphatic carbocycles. The SMILES string of the molecule is Cc1ccc(C2=N[C@H](c3cc(Br)ccc3F)N[C@@H](c3cc(Cl)ccc3O)C2)cc1. The molecule has 0 radical (unpaired) electrons. The predicted octanol–water partition coefficient (Wildman–Crippen LogP) is 6.48. The summed E-state index contributed by atoms with van der Waals surface area (Å²) in [6.45, 7) is 2.03. The molecule has 0 saturated heterocycles. The summed E-state index contributed by atoms with van der Waals surface area (Å²) in [5, 5.41) is 14.3. The molecule has 3 aromatic carbocycles. The van der Waals surface area contributed by atoms with Crippen molar-refractivity contribution in [2.45, 2.75) is 25.6 Å². The van der Waals surface area contributed by atoms with Crippen LogP contribution >= 0.6 is 27.5 Å². The fourth-order valence-electron chi connectivity index (χ4n) is 3.51. The first-order valence-electron chi connectivity index (χ1n) is 9.24. The Labute approximate surface area is 182 Å². The van der Waals surface area contributed by atoms with E-state index in [1.54, 1.807) is 30.3 Å². The van der Waals surface area contributed by atoms with Gasteiger partial charge in [-0.3, -0.25) is 10.3 Å². The zero-order valence-corrected chi connectivity index (χ0v) is 18.0. The third-order valence-electron chi connectivity index (χ3n) is 5.04. The molecule has 0 spiro atoms. The standard InChI is InChI=1S/C23H19BrClFN2O/c1-13-2-4-14(5-3-13)20-12-21(18-11-16(25)7-9-22(18)29)28-23(27-20)17-10-15(24)6-8-19(17)26/h2-11,21,23,28-29H,12H2,1H3/t21-,23+/m1/s1. The lowest BCUT2D eigenvalue weighted by Crippen LogP contribution is -2.33. The maximum atomic E-state index is 14.6. The lowest BCUT2D eigenvalue weighted by atomic mass is 9.93. The Kier molecular flexibility index (Phi) is 5.72. The number of aryl methyl sites for hydroxylation is 1. The monoisotopic (exact) mass is 472 g/mol. The van der Waals surface area contributed by atoms with Gasteiger partial charge in [0.2, 0.25) is 0 Å². The molecule has 1 aliphatic heterocycles. The van der Waals surface area contributed by atoms with Crippen molar-refractivity contribution in [1.29, 1.82) is 0 Å². The van der Waals surface area contributed by atoms with Crippen LogP contribution in [0.3, 0.4) is 0 Å². The highest BCUT2D eigenvalue weighted by Crippen LogP contribution is 2.36. The van der Waals surface area contributed by atoms with E-state index in [9.17, 15) is 9.50 Å². The second-order valence-corrected chi connectivity index (χ2v) is 8.49. The van der Waals surface area contributed by atoms with E-state index in [0.29, 0.717) is 22.6 Å². The van der Waals surface area contributed by atoms with Crippen LogP contribution in [0.4, 0.5) is 4.39 Å². The average Bonchev–Trinajstić information content (AvgIpc) is 2.72. The molecular weight excluding hydrogens is 455 g/mol. The molecule has 3 nitrogen and oxygen atoms in total. The molecule has 29 heavy (non-hydrogen) atoms. The van der Waals surface area contributed by atoms with Gasteiger partial charge < -0.3 is 5.11 Å². The number of hydrogen-bond acceptors (Lipinski definition) is 3. The molecular formula is C23H19BrClFN2O. The van der Waals surface area contributed by atoms with E-state index in [2.05, 4.69) is 21.2 Å². The third kappa shape index (κ3) is 4.37. The molecule has 0 saturated carbocycles. The first kappa shape index (κ1) is 20.1. The molecule has 148 valence electrons. The summed E-state index contributed by atoms with van der Waals surface area (Å²) >= 11 is 9.58. The Bertz CT molecular complexity index is 1080. The van der Waals surface area contributed by atoms with Crippen molar-refractivity contribution in [3.8, 4) is 5.75 Å². The number of phenols is 1. The summed E-state index contributed by atoms with van der Waals surface area (Å²) in [5.41, 5.74) is 4.08. The molecule has 2 atom stereocenters. The van der Waals surface area contributed by atoms with Crippen LogP contribution in [0.5, 0.6) is 5.75 Å². The van der Waals surface area contributed by atoms with Crippen LogP contribution in [0, 0.1) is 12.7 Å². The predicted molar refractivity (Wildman–Crippen MR) is 118 cm³/mol. The minimum absolute atomic E-state index is 0.144. The topological polar surface area (TPSA) is 44.6 Å². The van der Waals surface area contributed by atoms with Gasteiger partial charge >= 0.3 is 0 Å². The molecule has 2 N–H and O–H groups in total. The van der Waals surface area contributed by atoms with Gasteiger partial charge in [-0.05, 0) is 48.9 Å². The minimum atomic E-state index is -0.596. The first-order valence-corrected chi connectivity index (χ1v) is 10.4. The molecule has 0 bridgehead atoms. The van der Waals surface area contributed by atoms with Gasteiger partial charge in [0, 0.05) is 38.8 Å². The van der Waals surface area contributed by atoms with E-state index in [0.717, 1.165) is 21.3 Å². The lowest BCUT2D eigenvalue weighted by Gasteiger charge is -2.31. The van der Waals surface area contributed by atoms with Gasteiger partial charge in [0.15, 0.2) is 0 Å². The van der Waals surface area contributed by atoms with Crippen molar-refractivity contribution < 1.29 is 9.50 Å². The van der Waals surface area contributed by atoms with E-state index >= 15 is 0 Å². The largest absolute Gasteiger partial charge is 0.508 e. The molecule has 3 aromatic rings. The Balaban J connectivity index is 1.80. The highest BCUT2D eigenvalue weighted by molar-refractivity contribution is 9.10. The second-order valence-electron chi connectivity index (χ2n) is 7.14. The van der Waals surface area contributed by atoms with Gasteiger partial charge in [-0.2, -0.15) is 0 Å². The van der Waals surface area contributed by atoms with Crippen molar-refractivity contribution >= 4 is 33.2 Å². The van der Waals surface area contributed by atoms with E-state index < -0.39 is 6.17 Å². The third-order valence-corrected chi connectivity index (χ3v) is 5.77. The Morgan fingerprint density at radius 2 is 1.83 bits per heavy atom. The molecule has 0 aromatic heterocycles. The number of hydrogen-bond donors (Lipinski definition) is 2. The Morgan fingerprint density at radius 3 is 2.59 bits per heavy atom. The number of halogens is 3. The average molecular weight is 474 g/mol. The normalized spacial score (nSPS) is 19.1. The van der Waals surface area contributed by atoms with Gasteiger partial charge in [0.1, 0.15) is 17.7 Å². The van der Waals surface area contributed by atoms with Gasteiger partial charge in [-0.1, -0.05) is 57.4 Å². The summed E-state index contributed by atoms with van der Waals surface area (Å²) in [4.78, 5) is 4.81. The maximum absolute atomic E-state index is 14.6. The smallest absolute Gasteiger partial charge is 0.129 e. The molecule has 0 amide bonds. The molecule has 6 heteroatoms. The van der Waals surface area contributed by atoms with Crippen LogP contribution in [0.1, 0.15) is 40.9 Å². The molecule has 0 fully saturated rings. The number of benzene rings is 3. The maximum Gasteiger partial charge on any atom is 0.129 e. The van der Waals surface area contributed by atoms with Crippen LogP contribution in [-0.2, 0) is 0 Å². The number of nitrogens with one attached hydrogen (secondary N) is 1. The van der Waals surface area contributed by atoms with Crippen molar-refractivity contribution in [2.75, 3.05) is 0 Å². The highest BCUT2D eigenvalue weighted by atomic mass is 79.9. The van der Waals surface area contributed by atoms with Gasteiger partial charge in [-0.25, -0.2) is 4.39 Å². The molecule has 1 heterocycles. The summed E-state index contributed by atoms with van der Waals surface area (Å²) in [5.74, 6) is -0.195. The van der Waals surface area contributed by atoms with E-state index in [-0.39, 0.29) is 17.6 Å². The number of aromatic hydroxyl groups is 1. The van der Waals surface area contributed by atoms with Gasteiger partial charge in [0.05, 0.1) is 0 Å². The van der Waals surface area contributed by atoms with Gasteiger partial charge in [0.25, 0.3) is 0 Å². The quantitative estimate of drug-likeness (QED) is 0.457. The summed E-state index contributed by atoms with van der Waals surface area (Å²) < 4.78 is 15.4. The van der Waals surface area contributed by atoms with Crippen molar-refractivity contribution in [2.24, 2.45) is 4.99 Å². The first-order chi connectivity index (χ1) is 13.9. The summed E-state index contributed by atoms with van der Waals surface area (Å²) in [6.07, 6.45) is -0.0516. The van der Waals surface area contributed by atoms with Crippen LogP contribution in [-0.4, -0.2) is 10.8 Å². The Morgan fingerprint density at radius 1 is 1.07 bits per heavy atom. The van der Waals surface area contributed by atoms with Gasteiger partial charge in [-0.15, -0.1) is 0 Å². The zero-order valence-electron chi connectivity index (χ0n) is 15.7. The fraction of sp³-hybridized carbons (Fsp3) is 0.174. The number of phenolic OH excluding ortho intramolecular Hbond substituents is 1. The van der Waals surface area contributed by atoms with E-state index in [4.69, 9.17) is 16.6 Å². The molecule has 1 aliphatic rings. The highest BCUT2D eigenvalue weighted by Gasteiger charge is 2.29. The number of rotatable bonds is 3. The summed E-state index contributed by atoms with van der Waals surface area (Å²) in [6, 6.07) is 17.6. The van der Waals surface area contributed by atoms with Crippen molar-refractivity contribution in [1.82, 2.24) is 5.32 Å². The second kappa shape index (κ2) is 8.27. The zero-order chi connectivity index (χ0) is 20.5.